The minimum atomic E-state index is -0.288. The minimum absolute atomic E-state index is 0.288. The van der Waals surface area contributed by atoms with Gasteiger partial charge in [0, 0.05) is 20.7 Å². The monoisotopic (exact) mass is 364 g/mol. The van der Waals surface area contributed by atoms with Gasteiger partial charge < -0.3 is 0 Å². The summed E-state index contributed by atoms with van der Waals surface area (Å²) in [5.41, 5.74) is 6.43. The lowest BCUT2D eigenvalue weighted by atomic mass is 10.1. The Hall–Kier alpha value is -1.30. The Bertz CT molecular complexity index is 673. The van der Waals surface area contributed by atoms with Crippen molar-refractivity contribution in [2.24, 2.45) is 5.84 Å². The van der Waals surface area contributed by atoms with Crippen LogP contribution in [0.5, 0.6) is 0 Å². The normalized spacial score (nSPS) is 10.5. The van der Waals surface area contributed by atoms with Crippen molar-refractivity contribution in [1.82, 2.24) is 5.43 Å². The molecule has 0 spiro atoms. The van der Waals surface area contributed by atoms with Crippen molar-refractivity contribution >= 4 is 33.6 Å². The van der Waals surface area contributed by atoms with E-state index in [2.05, 4.69) is 53.4 Å². The van der Waals surface area contributed by atoms with E-state index >= 15 is 0 Å². The lowest BCUT2D eigenvalue weighted by molar-refractivity contribution is 0.0953. The third kappa shape index (κ3) is 4.09. The highest BCUT2D eigenvalue weighted by atomic mass is 79.9. The van der Waals surface area contributed by atoms with Gasteiger partial charge >= 0.3 is 0 Å². The van der Waals surface area contributed by atoms with E-state index < -0.39 is 0 Å². The van der Waals surface area contributed by atoms with Gasteiger partial charge in [-0.3, -0.25) is 10.2 Å². The summed E-state index contributed by atoms with van der Waals surface area (Å²) in [6.07, 6.45) is 0. The number of amides is 1. The number of nitrogens with one attached hydrogen (secondary N) is 1. The first kappa shape index (κ1) is 16.1. The first-order valence-electron chi connectivity index (χ1n) is 6.50. The SMILES string of the molecule is Cc1ccc(SCc2ccc(C(=O)NN)cc2Br)cc1C. The molecule has 0 saturated carbocycles. The van der Waals surface area contributed by atoms with Gasteiger partial charge in [0.2, 0.25) is 0 Å². The smallest absolute Gasteiger partial charge is 0.265 e. The summed E-state index contributed by atoms with van der Waals surface area (Å²) in [7, 11) is 0. The highest BCUT2D eigenvalue weighted by molar-refractivity contribution is 9.10. The maximum Gasteiger partial charge on any atom is 0.265 e. The average molecular weight is 365 g/mol. The van der Waals surface area contributed by atoms with Crippen molar-refractivity contribution in [2.75, 3.05) is 0 Å². The molecule has 1 amide bonds. The zero-order valence-electron chi connectivity index (χ0n) is 11.9. The highest BCUT2D eigenvalue weighted by Gasteiger charge is 2.08. The fraction of sp³-hybridized carbons (Fsp3) is 0.188. The van der Waals surface area contributed by atoms with Crippen molar-refractivity contribution < 1.29 is 4.79 Å². The summed E-state index contributed by atoms with van der Waals surface area (Å²) < 4.78 is 0.917. The first-order valence-corrected chi connectivity index (χ1v) is 8.28. The van der Waals surface area contributed by atoms with Gasteiger partial charge in [-0.1, -0.05) is 28.1 Å². The van der Waals surface area contributed by atoms with E-state index in [9.17, 15) is 4.79 Å². The molecular formula is C16H17BrN2OS. The standard InChI is InChI=1S/C16H17BrN2OS/c1-10-3-6-14(7-11(10)2)21-9-13-5-4-12(8-15(13)17)16(20)19-18/h3-8H,9,18H2,1-2H3,(H,19,20). The molecule has 0 fully saturated rings. The summed E-state index contributed by atoms with van der Waals surface area (Å²) in [5, 5.41) is 0. The highest BCUT2D eigenvalue weighted by Crippen LogP contribution is 2.28. The quantitative estimate of drug-likeness (QED) is 0.373. The van der Waals surface area contributed by atoms with E-state index in [4.69, 9.17) is 5.84 Å². The molecule has 0 aliphatic heterocycles. The number of hydrazine groups is 1. The second kappa shape index (κ2) is 7.11. The van der Waals surface area contributed by atoms with Gasteiger partial charge in [-0.25, -0.2) is 5.84 Å². The fourth-order valence-corrected chi connectivity index (χ4v) is 3.56. The van der Waals surface area contributed by atoms with Crippen LogP contribution in [0.2, 0.25) is 0 Å². The second-order valence-corrected chi connectivity index (χ2v) is 6.72. The van der Waals surface area contributed by atoms with E-state index in [0.29, 0.717) is 5.56 Å². The van der Waals surface area contributed by atoms with Crippen LogP contribution < -0.4 is 11.3 Å². The molecule has 21 heavy (non-hydrogen) atoms. The summed E-state index contributed by atoms with van der Waals surface area (Å²) in [4.78, 5) is 12.7. The van der Waals surface area contributed by atoms with Crippen molar-refractivity contribution in [3.63, 3.8) is 0 Å². The number of benzene rings is 2. The average Bonchev–Trinajstić information content (AvgIpc) is 2.48. The Morgan fingerprint density at radius 1 is 1.19 bits per heavy atom. The molecule has 3 N–H and O–H groups in total. The zero-order valence-corrected chi connectivity index (χ0v) is 14.3. The topological polar surface area (TPSA) is 55.1 Å². The lowest BCUT2D eigenvalue weighted by Crippen LogP contribution is -2.29. The maximum absolute atomic E-state index is 11.5. The molecule has 110 valence electrons. The van der Waals surface area contributed by atoms with Crippen LogP contribution in [0, 0.1) is 13.8 Å². The predicted molar refractivity (Wildman–Crippen MR) is 91.3 cm³/mol. The number of carbonyl (C=O) groups excluding carboxylic acids is 1. The lowest BCUT2D eigenvalue weighted by Gasteiger charge is -2.08. The van der Waals surface area contributed by atoms with Crippen LogP contribution in [0.1, 0.15) is 27.0 Å². The molecule has 0 aliphatic carbocycles. The zero-order chi connectivity index (χ0) is 15.4. The maximum atomic E-state index is 11.5. The van der Waals surface area contributed by atoms with Crippen molar-refractivity contribution in [3.05, 3.63) is 63.1 Å². The number of carbonyl (C=O) groups is 1. The van der Waals surface area contributed by atoms with E-state index in [0.717, 1.165) is 15.8 Å². The number of rotatable bonds is 4. The van der Waals surface area contributed by atoms with E-state index in [-0.39, 0.29) is 5.91 Å². The van der Waals surface area contributed by atoms with Crippen LogP contribution in [0.4, 0.5) is 0 Å². The Labute approximate surface area is 137 Å². The number of nitrogen functional groups attached to an aromatic ring is 1. The van der Waals surface area contributed by atoms with Crippen molar-refractivity contribution in [3.8, 4) is 0 Å². The van der Waals surface area contributed by atoms with Gasteiger partial charge in [0.15, 0.2) is 0 Å². The molecule has 0 heterocycles. The largest absolute Gasteiger partial charge is 0.290 e. The van der Waals surface area contributed by atoms with Gasteiger partial charge in [0.25, 0.3) is 5.91 Å². The molecule has 2 aromatic carbocycles. The van der Waals surface area contributed by atoms with E-state index in [1.54, 1.807) is 23.9 Å². The minimum Gasteiger partial charge on any atom is -0.290 e. The molecule has 2 aromatic rings. The number of halogens is 1. The molecule has 0 bridgehead atoms. The summed E-state index contributed by atoms with van der Waals surface area (Å²) >= 11 is 5.29. The predicted octanol–water partition coefficient (Wildman–Crippen LogP) is 3.96. The number of hydrogen-bond acceptors (Lipinski definition) is 3. The Balaban J connectivity index is 2.09. The Morgan fingerprint density at radius 3 is 2.57 bits per heavy atom. The summed E-state index contributed by atoms with van der Waals surface area (Å²) in [6, 6.07) is 12.0. The molecule has 0 radical (unpaired) electrons. The number of nitrogens with two attached hydrogens (primary N) is 1. The van der Waals surface area contributed by atoms with E-state index in [1.807, 2.05) is 6.07 Å². The molecule has 2 rings (SSSR count). The molecule has 3 nitrogen and oxygen atoms in total. The summed E-state index contributed by atoms with van der Waals surface area (Å²) in [5.74, 6) is 5.69. The number of hydrogen-bond donors (Lipinski definition) is 2. The molecule has 0 saturated heterocycles. The van der Waals surface area contributed by atoms with E-state index in [1.165, 1.54) is 16.0 Å². The van der Waals surface area contributed by atoms with Gasteiger partial charge in [0.05, 0.1) is 0 Å². The molecule has 0 aliphatic rings. The van der Waals surface area contributed by atoms with Gasteiger partial charge in [0.1, 0.15) is 0 Å². The molecule has 0 aromatic heterocycles. The molecule has 5 heteroatoms. The second-order valence-electron chi connectivity index (χ2n) is 4.81. The van der Waals surface area contributed by atoms with Crippen LogP contribution in [-0.2, 0) is 5.75 Å². The summed E-state index contributed by atoms with van der Waals surface area (Å²) in [6.45, 7) is 4.23. The van der Waals surface area contributed by atoms with Crippen LogP contribution in [0.15, 0.2) is 45.8 Å². The van der Waals surface area contributed by atoms with Gasteiger partial charge in [-0.15, -0.1) is 11.8 Å². The van der Waals surface area contributed by atoms with Crippen LogP contribution in [-0.4, -0.2) is 5.91 Å². The third-order valence-corrected chi connectivity index (χ3v) is 5.10. The number of aryl methyl sites for hydroxylation is 2. The molecular weight excluding hydrogens is 348 g/mol. The van der Waals surface area contributed by atoms with Crippen molar-refractivity contribution in [2.45, 2.75) is 24.5 Å². The Kier molecular flexibility index (Phi) is 5.45. The van der Waals surface area contributed by atoms with Crippen LogP contribution >= 0.6 is 27.7 Å². The van der Waals surface area contributed by atoms with Crippen molar-refractivity contribution in [1.29, 1.82) is 0 Å². The van der Waals surface area contributed by atoms with Gasteiger partial charge in [-0.2, -0.15) is 0 Å². The Morgan fingerprint density at radius 2 is 1.95 bits per heavy atom. The van der Waals surface area contributed by atoms with Crippen LogP contribution in [0.3, 0.4) is 0 Å². The number of thioether (sulfide) groups is 1. The van der Waals surface area contributed by atoms with Gasteiger partial charge in [-0.05, 0) is 54.8 Å². The van der Waals surface area contributed by atoms with Crippen LogP contribution in [0.25, 0.3) is 0 Å². The molecule has 0 unspecified atom stereocenters. The third-order valence-electron chi connectivity index (χ3n) is 3.32. The molecule has 0 atom stereocenters. The fourth-order valence-electron chi connectivity index (χ4n) is 1.85. The first-order chi connectivity index (χ1) is 10.0.